The molecule has 12 rings (SSSR count). The van der Waals surface area contributed by atoms with E-state index in [2.05, 4.69) is 220 Å². The first kappa shape index (κ1) is 40.8. The van der Waals surface area contributed by atoms with Crippen molar-refractivity contribution in [2.75, 3.05) is 0 Å². The van der Waals surface area contributed by atoms with Gasteiger partial charge in [-0.2, -0.15) is 0 Å². The van der Waals surface area contributed by atoms with E-state index in [1.54, 1.807) is 0 Å². The highest BCUT2D eigenvalue weighted by atomic mass is 32.1. The van der Waals surface area contributed by atoms with Gasteiger partial charge in [-0.25, -0.2) is 0 Å². The molecule has 1 nitrogen and oxygen atoms in total. The molecule has 0 bridgehead atoms. The molecule has 0 unspecified atom stereocenters. The molecule has 1 aliphatic rings. The lowest BCUT2D eigenvalue weighted by atomic mass is 9.91. The summed E-state index contributed by atoms with van der Waals surface area (Å²) in [5.41, 5.74) is 18.7. The Morgan fingerprint density at radius 1 is 0.448 bits per heavy atom. The summed E-state index contributed by atoms with van der Waals surface area (Å²) in [7, 11) is 0. The van der Waals surface area contributed by atoms with Gasteiger partial charge in [-0.3, -0.25) is 4.79 Å². The van der Waals surface area contributed by atoms with Crippen molar-refractivity contribution in [3.63, 3.8) is 0 Å². The van der Waals surface area contributed by atoms with Crippen LogP contribution in [0.2, 0.25) is 0 Å². The van der Waals surface area contributed by atoms with E-state index in [1.807, 2.05) is 28.7 Å². The Morgan fingerprint density at radius 3 is 1.52 bits per heavy atom. The van der Waals surface area contributed by atoms with Crippen LogP contribution < -0.4 is 0 Å². The maximum Gasteiger partial charge on any atom is 0.193 e. The maximum absolute atomic E-state index is 14.7. The minimum atomic E-state index is 0.0911. The number of thiophene rings is 2. The lowest BCUT2D eigenvalue weighted by molar-refractivity contribution is 0.103. The molecule has 0 radical (unpaired) electrons. The molecule has 3 heteroatoms. The number of hydrogen-bond donors (Lipinski definition) is 0. The lowest BCUT2D eigenvalue weighted by Crippen LogP contribution is -2.05. The van der Waals surface area contributed by atoms with Crippen molar-refractivity contribution in [2.24, 2.45) is 0 Å². The Morgan fingerprint density at radius 2 is 0.925 bits per heavy atom. The molecule has 0 spiro atoms. The van der Waals surface area contributed by atoms with Crippen molar-refractivity contribution in [3.05, 3.63) is 251 Å². The number of ketones is 1. The van der Waals surface area contributed by atoms with Gasteiger partial charge in [0.15, 0.2) is 5.78 Å². The molecule has 9 aromatic carbocycles. The number of fused-ring (bicyclic) bond motifs is 6. The minimum Gasteiger partial charge on any atom is -0.289 e. The SMILES string of the molecule is C=Cc1c(/C(=C\C)c2cccc(-c3cccc(-c4ccc5c(c4)C(=O)c4cc(-c6cccc(-c7cccc(-c8cccc9c8sc8ccccc89)c7)c6)ccc4CC5)c3)c2)sc2ccccc12. The third kappa shape index (κ3) is 7.28. The average Bonchev–Trinajstić information content (AvgIpc) is 3.92. The first-order valence-electron chi connectivity index (χ1n) is 23.0. The van der Waals surface area contributed by atoms with Crippen LogP contribution in [-0.2, 0) is 12.8 Å². The molecule has 11 aromatic rings. The van der Waals surface area contributed by atoms with Crippen LogP contribution >= 0.6 is 22.7 Å². The fraction of sp³-hybridized carbons (Fsp3) is 0.0469. The molecule has 1 aliphatic carbocycles. The van der Waals surface area contributed by atoms with E-state index in [0.717, 1.165) is 74.0 Å². The van der Waals surface area contributed by atoms with E-state index in [9.17, 15) is 4.79 Å². The fourth-order valence-corrected chi connectivity index (χ4v) is 12.7. The number of hydrogen-bond acceptors (Lipinski definition) is 3. The first-order chi connectivity index (χ1) is 33.0. The molecular formula is C64H44OS2. The molecule has 67 heavy (non-hydrogen) atoms. The van der Waals surface area contributed by atoms with Gasteiger partial charge in [0.05, 0.1) is 0 Å². The summed E-state index contributed by atoms with van der Waals surface area (Å²) in [5.74, 6) is 0.0911. The van der Waals surface area contributed by atoms with E-state index >= 15 is 0 Å². The predicted molar refractivity (Wildman–Crippen MR) is 288 cm³/mol. The second kappa shape index (κ2) is 16.9. The standard InChI is InChI=1S/C64H44OS2/c1-3-52(63-53(4-2)55-22-5-7-26-60(55)66-63)50-20-11-18-46(36-50)42-14-9-16-44(34-42)48-32-30-40-28-29-41-31-33-49(39-59(41)62(65)58(40)38-48)45-17-10-15-43(35-45)47-19-12-21-51(37-47)54-24-13-25-57-56-23-6-8-27-61(56)67-64(54)57/h3-27,30-39H,2,28-29H2,1H3/b52-3-. The molecule has 0 amide bonds. The molecule has 2 heterocycles. The van der Waals surface area contributed by atoms with Gasteiger partial charge in [-0.1, -0.05) is 170 Å². The van der Waals surface area contributed by atoms with Crippen LogP contribution in [0, 0.1) is 0 Å². The minimum absolute atomic E-state index is 0.0911. The van der Waals surface area contributed by atoms with Crippen LogP contribution in [0.3, 0.4) is 0 Å². The zero-order valence-corrected chi connectivity index (χ0v) is 38.7. The van der Waals surface area contributed by atoms with Crippen LogP contribution in [0.15, 0.2) is 213 Å². The summed E-state index contributed by atoms with van der Waals surface area (Å²) in [5, 5.41) is 3.86. The third-order valence-electron chi connectivity index (χ3n) is 13.6. The highest BCUT2D eigenvalue weighted by Crippen LogP contribution is 2.43. The third-order valence-corrected chi connectivity index (χ3v) is 16.0. The molecule has 2 aromatic heterocycles. The summed E-state index contributed by atoms with van der Waals surface area (Å²) in [6.45, 7) is 6.30. The van der Waals surface area contributed by atoms with Gasteiger partial charge in [0.2, 0.25) is 0 Å². The smallest absolute Gasteiger partial charge is 0.193 e. The van der Waals surface area contributed by atoms with E-state index in [0.29, 0.717) is 0 Å². The monoisotopic (exact) mass is 892 g/mol. The van der Waals surface area contributed by atoms with Gasteiger partial charge in [-0.15, -0.1) is 22.7 Å². The van der Waals surface area contributed by atoms with E-state index in [-0.39, 0.29) is 5.78 Å². The normalized spacial score (nSPS) is 12.6. The summed E-state index contributed by atoms with van der Waals surface area (Å²) in [6.07, 6.45) is 5.85. The van der Waals surface area contributed by atoms with Crippen LogP contribution in [0.25, 0.3) is 97.5 Å². The highest BCUT2D eigenvalue weighted by molar-refractivity contribution is 7.26. The van der Waals surface area contributed by atoms with Gasteiger partial charge in [-0.05, 0) is 146 Å². The van der Waals surface area contributed by atoms with Crippen LogP contribution in [0.1, 0.15) is 50.0 Å². The number of benzene rings is 9. The second-order valence-corrected chi connectivity index (χ2v) is 19.5. The molecule has 0 atom stereocenters. The number of carbonyl (C=O) groups is 1. The molecule has 0 N–H and O–H groups in total. The molecule has 0 saturated carbocycles. The van der Waals surface area contributed by atoms with Crippen molar-refractivity contribution >= 4 is 70.4 Å². The van der Waals surface area contributed by atoms with E-state index in [4.69, 9.17) is 0 Å². The van der Waals surface area contributed by atoms with Gasteiger partial charge in [0.25, 0.3) is 0 Å². The Balaban J connectivity index is 0.837. The zero-order chi connectivity index (χ0) is 45.0. The first-order valence-corrected chi connectivity index (χ1v) is 24.6. The maximum atomic E-state index is 14.7. The summed E-state index contributed by atoms with van der Waals surface area (Å²) in [4.78, 5) is 16.0. The lowest BCUT2D eigenvalue weighted by Gasteiger charge is -2.13. The Labute approximate surface area is 399 Å². The van der Waals surface area contributed by atoms with Crippen LogP contribution in [-0.4, -0.2) is 5.78 Å². The summed E-state index contributed by atoms with van der Waals surface area (Å²) >= 11 is 3.68. The Hall–Kier alpha value is -7.69. The topological polar surface area (TPSA) is 17.1 Å². The van der Waals surface area contributed by atoms with Crippen molar-refractivity contribution in [1.82, 2.24) is 0 Å². The fourth-order valence-electron chi connectivity index (χ4n) is 10.1. The van der Waals surface area contributed by atoms with E-state index in [1.165, 1.54) is 68.5 Å². The van der Waals surface area contributed by atoms with Crippen molar-refractivity contribution < 1.29 is 4.79 Å². The molecule has 0 fully saturated rings. The molecule has 0 aliphatic heterocycles. The predicted octanol–water partition coefficient (Wildman–Crippen LogP) is 18.0. The van der Waals surface area contributed by atoms with Crippen LogP contribution in [0.4, 0.5) is 0 Å². The summed E-state index contributed by atoms with van der Waals surface area (Å²) in [6, 6.07) is 72.0. The number of allylic oxidation sites excluding steroid dienone is 1. The highest BCUT2D eigenvalue weighted by Gasteiger charge is 2.23. The quantitative estimate of drug-likeness (QED) is 0.149. The number of carbonyl (C=O) groups excluding carboxylic acids is 1. The van der Waals surface area contributed by atoms with Gasteiger partial charge >= 0.3 is 0 Å². The summed E-state index contributed by atoms with van der Waals surface area (Å²) < 4.78 is 3.89. The molecule has 318 valence electrons. The zero-order valence-electron chi connectivity index (χ0n) is 37.1. The average molecular weight is 893 g/mol. The van der Waals surface area contributed by atoms with Crippen molar-refractivity contribution in [2.45, 2.75) is 19.8 Å². The Kier molecular flexibility index (Phi) is 10.3. The van der Waals surface area contributed by atoms with Crippen molar-refractivity contribution in [1.29, 1.82) is 0 Å². The van der Waals surface area contributed by atoms with Gasteiger partial charge < -0.3 is 0 Å². The molecular weight excluding hydrogens is 849 g/mol. The van der Waals surface area contributed by atoms with Crippen molar-refractivity contribution in [3.8, 4) is 55.6 Å². The largest absolute Gasteiger partial charge is 0.289 e. The van der Waals surface area contributed by atoms with E-state index < -0.39 is 0 Å². The second-order valence-electron chi connectivity index (χ2n) is 17.4. The number of aryl methyl sites for hydroxylation is 2. The molecule has 0 saturated heterocycles. The van der Waals surface area contributed by atoms with Gasteiger partial charge in [0.1, 0.15) is 0 Å². The number of rotatable bonds is 8. The van der Waals surface area contributed by atoms with Gasteiger partial charge in [0, 0.05) is 51.8 Å². The Bertz CT molecular complexity index is 3820. The van der Waals surface area contributed by atoms with Crippen LogP contribution in [0.5, 0.6) is 0 Å².